The molecule has 0 radical (unpaired) electrons. The fourth-order valence-corrected chi connectivity index (χ4v) is 4.60. The van der Waals surface area contributed by atoms with Crippen LogP contribution in [-0.4, -0.2) is 21.4 Å². The number of carbonyl (C=O) groups is 1. The molecule has 0 atom stereocenters. The van der Waals surface area contributed by atoms with Crippen molar-refractivity contribution in [1.82, 2.24) is 9.78 Å². The van der Waals surface area contributed by atoms with Gasteiger partial charge in [-0.2, -0.15) is 15.2 Å². The minimum Gasteiger partial charge on any atom is -0.489 e. The Balaban J connectivity index is 1.36. The average molecular weight is 525 g/mol. The van der Waals surface area contributed by atoms with Gasteiger partial charge in [-0.25, -0.2) is 4.68 Å². The maximum atomic E-state index is 13.4. The Morgan fingerprint density at radius 3 is 2.23 bits per heavy atom. The number of hydrazone groups is 1. The summed E-state index contributed by atoms with van der Waals surface area (Å²) in [6.07, 6.45) is 3.83. The first kappa shape index (κ1) is 25.1. The molecular formula is C34H28N4O2. The summed E-state index contributed by atoms with van der Waals surface area (Å²) in [5, 5.41) is 10.9. The molecule has 40 heavy (non-hydrogen) atoms. The number of ether oxygens (including phenoxy) is 1. The third-order valence-electron chi connectivity index (χ3n) is 6.76. The normalized spacial score (nSPS) is 14.1. The molecule has 1 amide bonds. The molecule has 0 N–H and O–H groups in total. The van der Waals surface area contributed by atoms with E-state index in [0.717, 1.165) is 39.5 Å². The summed E-state index contributed by atoms with van der Waals surface area (Å²) in [6.45, 7) is 4.40. The van der Waals surface area contributed by atoms with Crippen molar-refractivity contribution in [3.63, 3.8) is 0 Å². The zero-order chi connectivity index (χ0) is 27.5. The number of hydrogen-bond acceptors (Lipinski definition) is 4. The van der Waals surface area contributed by atoms with E-state index in [9.17, 15) is 4.79 Å². The van der Waals surface area contributed by atoms with Crippen molar-refractivity contribution < 1.29 is 9.53 Å². The number of para-hydroxylation sites is 2. The van der Waals surface area contributed by atoms with E-state index >= 15 is 0 Å². The highest BCUT2D eigenvalue weighted by Gasteiger charge is 2.29. The van der Waals surface area contributed by atoms with Crippen molar-refractivity contribution in [3.8, 4) is 22.7 Å². The monoisotopic (exact) mass is 524 g/mol. The van der Waals surface area contributed by atoms with Crippen molar-refractivity contribution in [2.45, 2.75) is 20.5 Å². The van der Waals surface area contributed by atoms with Crippen molar-refractivity contribution in [2.75, 3.05) is 5.01 Å². The molecule has 6 rings (SSSR count). The van der Waals surface area contributed by atoms with Gasteiger partial charge in [0.05, 0.1) is 22.7 Å². The summed E-state index contributed by atoms with van der Waals surface area (Å²) < 4.78 is 7.96. The standard InChI is InChI=1S/C34H28N4O2/c1-24-16-18-26(19-17-24)23-40-31-15-9-10-27(20-31)33-28(22-37(36-33)29-11-5-3-6-12-29)21-32-25(2)35-38(34(32)39)30-13-7-4-8-14-30/h3-22H,23H2,1-2H3. The third-order valence-corrected chi connectivity index (χ3v) is 6.76. The first-order valence-corrected chi connectivity index (χ1v) is 13.2. The molecule has 1 aliphatic rings. The number of aromatic nitrogens is 2. The Bertz CT molecular complexity index is 1720. The van der Waals surface area contributed by atoms with E-state index in [1.807, 2.05) is 109 Å². The summed E-state index contributed by atoms with van der Waals surface area (Å²) >= 11 is 0. The quantitative estimate of drug-likeness (QED) is 0.211. The zero-order valence-corrected chi connectivity index (χ0v) is 22.4. The van der Waals surface area contributed by atoms with Gasteiger partial charge >= 0.3 is 0 Å². The van der Waals surface area contributed by atoms with Gasteiger partial charge in [0.1, 0.15) is 18.1 Å². The molecule has 4 aromatic carbocycles. The topological polar surface area (TPSA) is 59.7 Å². The lowest BCUT2D eigenvalue weighted by atomic mass is 10.0. The van der Waals surface area contributed by atoms with Crippen LogP contribution in [0.4, 0.5) is 5.69 Å². The average Bonchev–Trinajstić information content (AvgIpc) is 3.55. The van der Waals surface area contributed by atoms with Crippen LogP contribution in [0.1, 0.15) is 23.6 Å². The molecule has 0 bridgehead atoms. The Morgan fingerprint density at radius 2 is 1.50 bits per heavy atom. The van der Waals surface area contributed by atoms with Gasteiger partial charge in [-0.3, -0.25) is 4.79 Å². The van der Waals surface area contributed by atoms with Crippen LogP contribution in [0.3, 0.4) is 0 Å². The molecule has 2 heterocycles. The van der Waals surface area contributed by atoms with Crippen molar-refractivity contribution in [3.05, 3.63) is 138 Å². The fourth-order valence-electron chi connectivity index (χ4n) is 4.60. The lowest BCUT2D eigenvalue weighted by Gasteiger charge is -2.11. The Hall–Kier alpha value is -5.23. The molecule has 0 fully saturated rings. The lowest BCUT2D eigenvalue weighted by molar-refractivity contribution is -0.114. The molecule has 5 aromatic rings. The third kappa shape index (κ3) is 5.20. The highest BCUT2D eigenvalue weighted by molar-refractivity contribution is 6.32. The Kier molecular flexibility index (Phi) is 6.81. The highest BCUT2D eigenvalue weighted by Crippen LogP contribution is 2.31. The van der Waals surface area contributed by atoms with Crippen LogP contribution < -0.4 is 9.75 Å². The predicted molar refractivity (Wildman–Crippen MR) is 160 cm³/mol. The second-order valence-electron chi connectivity index (χ2n) is 9.71. The van der Waals surface area contributed by atoms with Crippen LogP contribution in [0.15, 0.2) is 126 Å². The summed E-state index contributed by atoms with van der Waals surface area (Å²) in [6, 6.07) is 35.6. The van der Waals surface area contributed by atoms with Gasteiger partial charge in [0.15, 0.2) is 0 Å². The fraction of sp³-hybridized carbons (Fsp3) is 0.0882. The van der Waals surface area contributed by atoms with E-state index in [-0.39, 0.29) is 5.91 Å². The number of nitrogens with zero attached hydrogens (tertiary/aromatic N) is 4. The predicted octanol–water partition coefficient (Wildman–Crippen LogP) is 7.23. The van der Waals surface area contributed by atoms with Gasteiger partial charge in [0.25, 0.3) is 5.91 Å². The second-order valence-corrected chi connectivity index (χ2v) is 9.71. The van der Waals surface area contributed by atoms with E-state index in [2.05, 4.69) is 36.3 Å². The van der Waals surface area contributed by atoms with E-state index in [0.29, 0.717) is 17.9 Å². The minimum atomic E-state index is -0.169. The summed E-state index contributed by atoms with van der Waals surface area (Å²) in [7, 11) is 0. The molecule has 0 saturated heterocycles. The van der Waals surface area contributed by atoms with Gasteiger partial charge in [-0.1, -0.05) is 78.4 Å². The van der Waals surface area contributed by atoms with Gasteiger partial charge in [-0.15, -0.1) is 0 Å². The van der Waals surface area contributed by atoms with Crippen molar-refractivity contribution >= 4 is 23.4 Å². The molecule has 6 nitrogen and oxygen atoms in total. The Labute approximate surface area is 233 Å². The van der Waals surface area contributed by atoms with Gasteiger partial charge < -0.3 is 4.74 Å². The lowest BCUT2D eigenvalue weighted by Crippen LogP contribution is -2.21. The number of carbonyl (C=O) groups excluding carboxylic acids is 1. The van der Waals surface area contributed by atoms with Gasteiger partial charge in [-0.05, 0) is 61.9 Å². The maximum absolute atomic E-state index is 13.4. The molecule has 0 aliphatic carbocycles. The molecule has 0 saturated carbocycles. The van der Waals surface area contributed by atoms with Crippen LogP contribution in [0.25, 0.3) is 23.0 Å². The summed E-state index contributed by atoms with van der Waals surface area (Å²) in [5.41, 5.74) is 7.61. The molecular weight excluding hydrogens is 496 g/mol. The van der Waals surface area contributed by atoms with Gasteiger partial charge in [0, 0.05) is 17.3 Å². The second kappa shape index (κ2) is 10.9. The number of amides is 1. The molecule has 0 unspecified atom stereocenters. The number of rotatable bonds is 7. The molecule has 1 aromatic heterocycles. The first-order chi connectivity index (χ1) is 19.5. The SMILES string of the molecule is CC1=NN(c2ccccc2)C(=O)C1=Cc1cn(-c2ccccc2)nc1-c1cccc(OCc2ccc(C)cc2)c1. The van der Waals surface area contributed by atoms with E-state index in [4.69, 9.17) is 9.84 Å². The maximum Gasteiger partial charge on any atom is 0.280 e. The molecule has 0 spiro atoms. The largest absolute Gasteiger partial charge is 0.489 e. The van der Waals surface area contributed by atoms with Crippen molar-refractivity contribution in [2.24, 2.45) is 5.10 Å². The summed E-state index contributed by atoms with van der Waals surface area (Å²) in [4.78, 5) is 13.4. The van der Waals surface area contributed by atoms with E-state index < -0.39 is 0 Å². The van der Waals surface area contributed by atoms with Crippen LogP contribution >= 0.6 is 0 Å². The van der Waals surface area contributed by atoms with Crippen LogP contribution in [-0.2, 0) is 11.4 Å². The smallest absolute Gasteiger partial charge is 0.280 e. The van der Waals surface area contributed by atoms with Gasteiger partial charge in [0.2, 0.25) is 0 Å². The van der Waals surface area contributed by atoms with Crippen LogP contribution in [0, 0.1) is 6.92 Å². The first-order valence-electron chi connectivity index (χ1n) is 13.2. The minimum absolute atomic E-state index is 0.169. The number of aryl methyl sites for hydroxylation is 1. The highest BCUT2D eigenvalue weighted by atomic mass is 16.5. The molecule has 6 heteroatoms. The Morgan fingerprint density at radius 1 is 0.800 bits per heavy atom. The van der Waals surface area contributed by atoms with E-state index in [1.54, 1.807) is 0 Å². The number of benzene rings is 4. The number of anilines is 1. The summed E-state index contributed by atoms with van der Waals surface area (Å²) in [5.74, 6) is 0.577. The molecule has 1 aliphatic heterocycles. The van der Waals surface area contributed by atoms with Crippen LogP contribution in [0.2, 0.25) is 0 Å². The van der Waals surface area contributed by atoms with Crippen LogP contribution in [0.5, 0.6) is 5.75 Å². The number of hydrogen-bond donors (Lipinski definition) is 0. The van der Waals surface area contributed by atoms with Crippen molar-refractivity contribution in [1.29, 1.82) is 0 Å². The zero-order valence-electron chi connectivity index (χ0n) is 22.4. The van der Waals surface area contributed by atoms with E-state index in [1.165, 1.54) is 10.6 Å². The molecule has 196 valence electrons.